The SMILES string of the molecule is CCOC(=O)CCCSC[C@@H](C)C(=O)NC(Cc1ccccc1)[C@H](O)CN(CC(C)C)S(=O)(=O)c1ccc2c(c1)OCO2. The number of benzene rings is 2. The molecule has 1 heterocycles. The molecule has 1 unspecified atom stereocenters. The Morgan fingerprint density at radius 3 is 2.49 bits per heavy atom. The number of sulfonamides is 1. The largest absolute Gasteiger partial charge is 0.466 e. The maximum absolute atomic E-state index is 13.8. The summed E-state index contributed by atoms with van der Waals surface area (Å²) >= 11 is 1.58. The van der Waals surface area contributed by atoms with Crippen molar-refractivity contribution in [3.8, 4) is 11.5 Å². The Kier molecular flexibility index (Phi) is 13.6. The summed E-state index contributed by atoms with van der Waals surface area (Å²) in [5, 5.41) is 14.5. The van der Waals surface area contributed by atoms with Crippen LogP contribution in [0.2, 0.25) is 0 Å². The summed E-state index contributed by atoms with van der Waals surface area (Å²) in [6.45, 7) is 7.76. The number of nitrogens with zero attached hydrogens (tertiary/aromatic N) is 1. The third kappa shape index (κ3) is 10.7. The Morgan fingerprint density at radius 1 is 1.07 bits per heavy atom. The van der Waals surface area contributed by atoms with E-state index in [2.05, 4.69) is 5.32 Å². The number of hydrogen-bond donors (Lipinski definition) is 2. The maximum atomic E-state index is 13.8. The quantitative estimate of drug-likeness (QED) is 0.185. The number of carbonyl (C=O) groups excluding carboxylic acids is 2. The molecule has 2 aromatic rings. The second-order valence-electron chi connectivity index (χ2n) is 11.0. The van der Waals surface area contributed by atoms with Crippen molar-refractivity contribution in [2.24, 2.45) is 11.8 Å². The highest BCUT2D eigenvalue weighted by Crippen LogP contribution is 2.35. The van der Waals surface area contributed by atoms with Gasteiger partial charge < -0.3 is 24.6 Å². The molecule has 0 saturated carbocycles. The number of aliphatic hydroxyl groups is 1. The van der Waals surface area contributed by atoms with Crippen LogP contribution in [-0.2, 0) is 30.8 Å². The fourth-order valence-electron chi connectivity index (χ4n) is 4.56. The summed E-state index contributed by atoms with van der Waals surface area (Å²) in [6, 6.07) is 13.2. The molecule has 10 nitrogen and oxygen atoms in total. The molecule has 0 radical (unpaired) electrons. The Morgan fingerprint density at radius 2 is 1.79 bits per heavy atom. The second kappa shape index (κ2) is 16.9. The highest BCUT2D eigenvalue weighted by molar-refractivity contribution is 7.99. The molecule has 0 aromatic heterocycles. The summed E-state index contributed by atoms with van der Waals surface area (Å²) in [5.74, 6) is 1.26. The highest BCUT2D eigenvalue weighted by Gasteiger charge is 2.33. The summed E-state index contributed by atoms with van der Waals surface area (Å²) in [5.41, 5.74) is 0.905. The summed E-state index contributed by atoms with van der Waals surface area (Å²) in [6.07, 6.45) is 0.147. The minimum Gasteiger partial charge on any atom is -0.466 e. The number of amides is 1. The van der Waals surface area contributed by atoms with Gasteiger partial charge in [-0.05, 0) is 49.1 Å². The first-order valence-electron chi connectivity index (χ1n) is 14.7. The zero-order valence-electron chi connectivity index (χ0n) is 25.4. The molecule has 2 aromatic carbocycles. The minimum absolute atomic E-state index is 0.0148. The molecule has 2 N–H and O–H groups in total. The van der Waals surface area contributed by atoms with E-state index in [-0.39, 0.29) is 48.5 Å². The van der Waals surface area contributed by atoms with E-state index in [4.69, 9.17) is 14.2 Å². The number of hydrogen-bond acceptors (Lipinski definition) is 9. The van der Waals surface area contributed by atoms with E-state index >= 15 is 0 Å². The topological polar surface area (TPSA) is 131 Å². The Hall–Kier alpha value is -2.80. The molecule has 0 bridgehead atoms. The van der Waals surface area contributed by atoms with Crippen molar-refractivity contribution in [3.05, 3.63) is 54.1 Å². The van der Waals surface area contributed by atoms with E-state index in [0.717, 1.165) is 5.56 Å². The lowest BCUT2D eigenvalue weighted by atomic mass is 10.00. The number of carbonyl (C=O) groups is 2. The highest BCUT2D eigenvalue weighted by atomic mass is 32.2. The summed E-state index contributed by atoms with van der Waals surface area (Å²) in [4.78, 5) is 24.8. The van der Waals surface area contributed by atoms with Gasteiger partial charge in [-0.1, -0.05) is 51.1 Å². The van der Waals surface area contributed by atoms with Crippen molar-refractivity contribution >= 4 is 33.7 Å². The molecule has 0 saturated heterocycles. The Balaban J connectivity index is 1.71. The third-order valence-electron chi connectivity index (χ3n) is 6.82. The van der Waals surface area contributed by atoms with E-state index < -0.39 is 22.2 Å². The van der Waals surface area contributed by atoms with Crippen molar-refractivity contribution in [3.63, 3.8) is 0 Å². The van der Waals surface area contributed by atoms with Crippen molar-refractivity contribution < 1.29 is 37.3 Å². The van der Waals surface area contributed by atoms with E-state index in [9.17, 15) is 23.1 Å². The number of fused-ring (bicyclic) bond motifs is 1. The van der Waals surface area contributed by atoms with Gasteiger partial charge in [-0.2, -0.15) is 16.1 Å². The lowest BCUT2D eigenvalue weighted by Crippen LogP contribution is -2.52. The number of aliphatic hydroxyl groups excluding tert-OH is 1. The fourth-order valence-corrected chi connectivity index (χ4v) is 7.22. The van der Waals surface area contributed by atoms with Gasteiger partial charge in [0.15, 0.2) is 11.5 Å². The van der Waals surface area contributed by atoms with Gasteiger partial charge in [0, 0.05) is 37.2 Å². The standard InChI is InChI=1S/C31H44N2O8S2/c1-5-39-30(35)12-9-15-42-20-23(4)31(36)32-26(16-24-10-7-6-8-11-24)27(34)19-33(18-22(2)3)43(37,38)25-13-14-28-29(17-25)41-21-40-28/h6-8,10-11,13-14,17,22-23,26-27,34H,5,9,12,15-16,18-21H2,1-4H3,(H,32,36)/t23-,26?,27-/m1/s1. The molecule has 0 spiro atoms. The Labute approximate surface area is 259 Å². The summed E-state index contributed by atoms with van der Waals surface area (Å²) < 4.78 is 44.5. The predicted octanol–water partition coefficient (Wildman–Crippen LogP) is 3.86. The molecule has 12 heteroatoms. The molecule has 0 fully saturated rings. The smallest absolute Gasteiger partial charge is 0.305 e. The van der Waals surface area contributed by atoms with Crippen molar-refractivity contribution in [2.45, 2.75) is 64.0 Å². The first-order valence-corrected chi connectivity index (χ1v) is 17.3. The van der Waals surface area contributed by atoms with Crippen LogP contribution in [0.3, 0.4) is 0 Å². The lowest BCUT2D eigenvalue weighted by molar-refractivity contribution is -0.143. The molecule has 1 aliphatic heterocycles. The van der Waals surface area contributed by atoms with Crippen LogP contribution >= 0.6 is 11.8 Å². The van der Waals surface area contributed by atoms with Crippen LogP contribution < -0.4 is 14.8 Å². The van der Waals surface area contributed by atoms with Gasteiger partial charge in [-0.25, -0.2) is 8.42 Å². The average Bonchev–Trinajstić information content (AvgIpc) is 3.45. The van der Waals surface area contributed by atoms with Crippen molar-refractivity contribution in [1.29, 1.82) is 0 Å². The van der Waals surface area contributed by atoms with Gasteiger partial charge in [0.05, 0.1) is 23.6 Å². The predicted molar refractivity (Wildman–Crippen MR) is 167 cm³/mol. The molecule has 3 atom stereocenters. The first-order chi connectivity index (χ1) is 20.5. The number of nitrogens with one attached hydrogen (secondary N) is 1. The molecule has 1 amide bonds. The molecular formula is C31H44N2O8S2. The number of ether oxygens (including phenoxy) is 3. The molecule has 3 rings (SSSR count). The minimum atomic E-state index is -4.00. The van der Waals surface area contributed by atoms with Gasteiger partial charge in [-0.3, -0.25) is 9.59 Å². The Bertz CT molecular complexity index is 1290. The monoisotopic (exact) mass is 636 g/mol. The molecule has 1 aliphatic rings. The fraction of sp³-hybridized carbons (Fsp3) is 0.548. The molecule has 0 aliphatic carbocycles. The van der Waals surface area contributed by atoms with Gasteiger partial charge >= 0.3 is 5.97 Å². The van der Waals surface area contributed by atoms with Gasteiger partial charge in [0.1, 0.15) is 0 Å². The third-order valence-corrected chi connectivity index (χ3v) is 9.96. The van der Waals surface area contributed by atoms with Crippen molar-refractivity contribution in [1.82, 2.24) is 9.62 Å². The zero-order valence-corrected chi connectivity index (χ0v) is 27.0. The lowest BCUT2D eigenvalue weighted by Gasteiger charge is -2.31. The number of esters is 1. The van der Waals surface area contributed by atoms with E-state index in [1.807, 2.05) is 51.1 Å². The normalized spacial score (nSPS) is 14.9. The maximum Gasteiger partial charge on any atom is 0.305 e. The molecular weight excluding hydrogens is 592 g/mol. The van der Waals surface area contributed by atoms with E-state index in [1.54, 1.807) is 24.8 Å². The molecule has 238 valence electrons. The van der Waals surface area contributed by atoms with E-state index in [0.29, 0.717) is 48.9 Å². The van der Waals surface area contributed by atoms with Crippen LogP contribution in [0.4, 0.5) is 0 Å². The van der Waals surface area contributed by atoms with Crippen LogP contribution in [-0.4, -0.2) is 79.8 Å². The van der Waals surface area contributed by atoms with Gasteiger partial charge in [0.2, 0.25) is 22.7 Å². The van der Waals surface area contributed by atoms with Gasteiger partial charge in [0.25, 0.3) is 0 Å². The van der Waals surface area contributed by atoms with Crippen LogP contribution in [0, 0.1) is 11.8 Å². The second-order valence-corrected chi connectivity index (χ2v) is 14.1. The number of thioether (sulfide) groups is 1. The summed E-state index contributed by atoms with van der Waals surface area (Å²) in [7, 11) is -4.00. The first kappa shape index (κ1) is 34.7. The van der Waals surface area contributed by atoms with E-state index in [1.165, 1.54) is 16.4 Å². The van der Waals surface area contributed by atoms with Crippen molar-refractivity contribution in [2.75, 3.05) is 38.0 Å². The van der Waals surface area contributed by atoms with Crippen LogP contribution in [0.5, 0.6) is 11.5 Å². The van der Waals surface area contributed by atoms with Gasteiger partial charge in [-0.15, -0.1) is 0 Å². The average molecular weight is 637 g/mol. The van der Waals surface area contributed by atoms with Crippen LogP contribution in [0.1, 0.15) is 46.1 Å². The van der Waals surface area contributed by atoms with Crippen LogP contribution in [0.25, 0.3) is 0 Å². The molecule has 43 heavy (non-hydrogen) atoms. The zero-order chi connectivity index (χ0) is 31.4. The number of rotatable bonds is 18. The van der Waals surface area contributed by atoms with Crippen LogP contribution in [0.15, 0.2) is 53.4 Å².